The molecule has 0 fully saturated rings. The van der Waals surface area contributed by atoms with E-state index in [9.17, 15) is 0 Å². The van der Waals surface area contributed by atoms with Gasteiger partial charge in [0.25, 0.3) is 5.78 Å². The van der Waals surface area contributed by atoms with Crippen LogP contribution in [0.4, 0.5) is 0 Å². The molecule has 5 heterocycles. The minimum atomic E-state index is 0.533. The summed E-state index contributed by atoms with van der Waals surface area (Å²) in [4.78, 5) is 0. The molecule has 0 radical (unpaired) electrons. The molecule has 0 bridgehead atoms. The van der Waals surface area contributed by atoms with E-state index in [0.29, 0.717) is 5.78 Å². The zero-order chi connectivity index (χ0) is 21.1. The Morgan fingerprint density at radius 3 is 2.56 bits per heavy atom. The van der Waals surface area contributed by atoms with Gasteiger partial charge in [-0.2, -0.15) is 0 Å². The fourth-order valence-electron chi connectivity index (χ4n) is 5.34. The zero-order valence-electron chi connectivity index (χ0n) is 17.4. The van der Waals surface area contributed by atoms with Crippen LogP contribution < -0.4 is 9.30 Å². The van der Waals surface area contributed by atoms with Crippen molar-refractivity contribution in [1.29, 1.82) is 0 Å². The molecule has 32 heavy (non-hydrogen) atoms. The average molecular weight is 418 g/mol. The van der Waals surface area contributed by atoms with Crippen molar-refractivity contribution in [1.82, 2.24) is 0 Å². The van der Waals surface area contributed by atoms with Crippen LogP contribution in [0.2, 0.25) is 0 Å². The Hall–Kier alpha value is -4.25. The highest BCUT2D eigenvalue weighted by Crippen LogP contribution is 2.51. The topological polar surface area (TPSA) is 52.5 Å². The Kier molecular flexibility index (Phi) is 2.73. The van der Waals surface area contributed by atoms with E-state index in [-0.39, 0.29) is 0 Å². The third-order valence-electron chi connectivity index (χ3n) is 6.78. The second-order valence-electron chi connectivity index (χ2n) is 8.49. The smallest absolute Gasteiger partial charge is 0.298 e. The first-order valence-electron chi connectivity index (χ1n) is 10.6. The molecule has 0 saturated carbocycles. The number of hydrogen-bond donors (Lipinski definition) is 0. The van der Waals surface area contributed by atoms with Crippen LogP contribution in [0.5, 0.6) is 11.5 Å². The second kappa shape index (κ2) is 5.32. The summed E-state index contributed by atoms with van der Waals surface area (Å²) >= 11 is 0. The SMILES string of the molecule is Cc1c2c(cc3c1oc1ccccc13)Oc1cc3c4ccoc4oc3c3cc[n+](C)c-2c13. The molecule has 3 aromatic carbocycles. The summed E-state index contributed by atoms with van der Waals surface area (Å²) in [6, 6.07) is 16.3. The van der Waals surface area contributed by atoms with Crippen LogP contribution in [-0.4, -0.2) is 0 Å². The quantitative estimate of drug-likeness (QED) is 0.246. The van der Waals surface area contributed by atoms with Gasteiger partial charge in [0, 0.05) is 33.2 Å². The van der Waals surface area contributed by atoms with Crippen LogP contribution in [0.3, 0.4) is 0 Å². The van der Waals surface area contributed by atoms with Gasteiger partial charge in [-0.15, -0.1) is 0 Å². The van der Waals surface area contributed by atoms with Crippen LogP contribution >= 0.6 is 0 Å². The molecule has 0 amide bonds. The lowest BCUT2D eigenvalue weighted by Crippen LogP contribution is -2.31. The largest absolute Gasteiger partial charge is 0.456 e. The van der Waals surface area contributed by atoms with Gasteiger partial charge in [-0.25, -0.2) is 4.57 Å². The summed E-state index contributed by atoms with van der Waals surface area (Å²) in [5, 5.41) is 6.14. The van der Waals surface area contributed by atoms with Gasteiger partial charge >= 0.3 is 0 Å². The maximum atomic E-state index is 6.59. The molecule has 7 aromatic rings. The van der Waals surface area contributed by atoms with E-state index in [1.165, 1.54) is 0 Å². The highest BCUT2D eigenvalue weighted by atomic mass is 16.5. The fraction of sp³-hybridized carbons (Fsp3) is 0.0741. The number of nitrogens with zero attached hydrogens (tertiary/aromatic N) is 1. The van der Waals surface area contributed by atoms with Crippen LogP contribution in [0.15, 0.2) is 74.2 Å². The van der Waals surface area contributed by atoms with Gasteiger partial charge in [0.2, 0.25) is 5.69 Å². The Labute approximate surface area is 181 Å². The number of aryl methyl sites for hydroxylation is 2. The molecule has 5 heteroatoms. The van der Waals surface area contributed by atoms with Crippen LogP contribution in [0.25, 0.3) is 66.1 Å². The summed E-state index contributed by atoms with van der Waals surface area (Å²) in [6.07, 6.45) is 3.72. The number of pyridine rings is 1. The Morgan fingerprint density at radius 2 is 1.62 bits per heavy atom. The van der Waals surface area contributed by atoms with E-state index >= 15 is 0 Å². The van der Waals surface area contributed by atoms with Crippen LogP contribution in [0.1, 0.15) is 5.56 Å². The van der Waals surface area contributed by atoms with Crippen molar-refractivity contribution < 1.29 is 22.6 Å². The van der Waals surface area contributed by atoms with Crippen molar-refractivity contribution in [3.8, 4) is 22.8 Å². The summed E-state index contributed by atoms with van der Waals surface area (Å²) in [5.41, 5.74) is 5.80. The summed E-state index contributed by atoms with van der Waals surface area (Å²) in [6.45, 7) is 2.11. The zero-order valence-corrected chi connectivity index (χ0v) is 17.4. The highest BCUT2D eigenvalue weighted by molar-refractivity contribution is 6.20. The lowest BCUT2D eigenvalue weighted by atomic mass is 9.93. The molecule has 0 saturated heterocycles. The minimum absolute atomic E-state index is 0.533. The summed E-state index contributed by atoms with van der Waals surface area (Å²) in [5.74, 6) is 2.19. The second-order valence-corrected chi connectivity index (χ2v) is 8.49. The van der Waals surface area contributed by atoms with Crippen molar-refractivity contribution >= 4 is 54.8 Å². The minimum Gasteiger partial charge on any atom is -0.456 e. The monoisotopic (exact) mass is 418 g/mol. The molecule has 0 N–H and O–H groups in total. The third kappa shape index (κ3) is 1.79. The highest BCUT2D eigenvalue weighted by Gasteiger charge is 2.33. The van der Waals surface area contributed by atoms with E-state index in [1.807, 2.05) is 24.3 Å². The van der Waals surface area contributed by atoms with Gasteiger partial charge in [0.05, 0.1) is 17.2 Å². The van der Waals surface area contributed by atoms with Gasteiger partial charge < -0.3 is 18.0 Å². The number of ether oxygens (including phenoxy) is 1. The van der Waals surface area contributed by atoms with E-state index in [2.05, 4.69) is 49.0 Å². The predicted molar refractivity (Wildman–Crippen MR) is 122 cm³/mol. The first-order valence-corrected chi connectivity index (χ1v) is 10.6. The first kappa shape index (κ1) is 16.4. The molecular weight excluding hydrogens is 402 g/mol. The number of rotatable bonds is 0. The van der Waals surface area contributed by atoms with Crippen molar-refractivity contribution in [3.05, 3.63) is 66.6 Å². The van der Waals surface area contributed by atoms with E-state index in [1.54, 1.807) is 6.26 Å². The maximum absolute atomic E-state index is 6.59. The molecular formula is C27H16NO4+. The van der Waals surface area contributed by atoms with Gasteiger partial charge in [-0.1, -0.05) is 18.2 Å². The van der Waals surface area contributed by atoms with Crippen LogP contribution in [-0.2, 0) is 7.05 Å². The number of hydrogen-bond acceptors (Lipinski definition) is 4. The molecule has 1 aliphatic rings. The van der Waals surface area contributed by atoms with Crippen molar-refractivity contribution in [2.45, 2.75) is 6.92 Å². The van der Waals surface area contributed by atoms with E-state index < -0.39 is 0 Å². The summed E-state index contributed by atoms with van der Waals surface area (Å²) in [7, 11) is 2.06. The fourth-order valence-corrected chi connectivity index (χ4v) is 5.34. The van der Waals surface area contributed by atoms with Gasteiger partial charge in [-0.05, 0) is 31.2 Å². The number of aromatic nitrogens is 1. The Bertz CT molecular complexity index is 1930. The molecule has 8 rings (SSSR count). The van der Waals surface area contributed by atoms with Gasteiger partial charge in [-0.3, -0.25) is 0 Å². The summed E-state index contributed by atoms with van der Waals surface area (Å²) < 4.78 is 26.6. The van der Waals surface area contributed by atoms with Gasteiger partial charge in [0.15, 0.2) is 6.20 Å². The molecule has 5 nitrogen and oxygen atoms in total. The third-order valence-corrected chi connectivity index (χ3v) is 6.78. The molecule has 0 unspecified atom stereocenters. The molecule has 152 valence electrons. The van der Waals surface area contributed by atoms with E-state index in [4.69, 9.17) is 18.0 Å². The maximum Gasteiger partial charge on any atom is 0.298 e. The lowest BCUT2D eigenvalue weighted by molar-refractivity contribution is -0.659. The Balaban J connectivity index is 1.57. The van der Waals surface area contributed by atoms with E-state index in [0.717, 1.165) is 77.4 Å². The predicted octanol–water partition coefficient (Wildman–Crippen LogP) is 7.14. The lowest BCUT2D eigenvalue weighted by Gasteiger charge is -2.21. The standard InChI is InChI=1S/C27H16NO4/c1-13-22-20(11-17-14-5-3-4-6-19(14)31-25(13)17)30-21-12-18-15-8-10-29-27(15)32-26(18)16-7-9-28(2)24(22)23(16)21/h3-12H,1-2H3/q+1. The van der Waals surface area contributed by atoms with Crippen molar-refractivity contribution in [3.63, 3.8) is 0 Å². The average Bonchev–Trinajstić information content (AvgIpc) is 3.49. The molecule has 0 atom stereocenters. The van der Waals surface area contributed by atoms with Crippen molar-refractivity contribution in [2.24, 2.45) is 7.05 Å². The molecule has 0 aliphatic carbocycles. The number of furan rings is 3. The number of para-hydroxylation sites is 1. The van der Waals surface area contributed by atoms with Gasteiger partial charge in [0.1, 0.15) is 40.7 Å². The van der Waals surface area contributed by atoms with Crippen LogP contribution in [0, 0.1) is 6.92 Å². The Morgan fingerprint density at radius 1 is 0.781 bits per heavy atom. The number of fused-ring (bicyclic) bond motifs is 9. The number of benzene rings is 3. The normalized spacial score (nSPS) is 12.9. The molecule has 0 spiro atoms. The van der Waals surface area contributed by atoms with Crippen molar-refractivity contribution in [2.75, 3.05) is 0 Å². The molecule has 4 aromatic heterocycles. The molecule has 1 aliphatic heterocycles. The first-order chi connectivity index (χ1) is 15.7.